The van der Waals surface area contributed by atoms with Crippen molar-refractivity contribution < 1.29 is 23.9 Å². The van der Waals surface area contributed by atoms with Crippen molar-refractivity contribution in [2.45, 2.75) is 46.1 Å². The van der Waals surface area contributed by atoms with Gasteiger partial charge < -0.3 is 14.4 Å². The molecule has 0 aromatic rings. The summed E-state index contributed by atoms with van der Waals surface area (Å²) >= 11 is 0. The van der Waals surface area contributed by atoms with Crippen LogP contribution in [-0.2, 0) is 23.9 Å². The van der Waals surface area contributed by atoms with Gasteiger partial charge in [0.2, 0.25) is 5.91 Å². The highest BCUT2D eigenvalue weighted by Gasteiger charge is 2.24. The number of nitrogens with zero attached hydrogens (tertiary/aromatic N) is 2. The van der Waals surface area contributed by atoms with Crippen molar-refractivity contribution in [1.82, 2.24) is 9.80 Å². The van der Waals surface area contributed by atoms with E-state index in [0.717, 1.165) is 0 Å². The molecule has 1 saturated heterocycles. The fraction of sp³-hybridized carbons (Fsp3) is 0.812. The van der Waals surface area contributed by atoms with E-state index in [1.54, 1.807) is 11.8 Å². The summed E-state index contributed by atoms with van der Waals surface area (Å²) in [5.74, 6) is -0.890. The molecule has 132 valence electrons. The Labute approximate surface area is 137 Å². The van der Waals surface area contributed by atoms with Crippen LogP contribution in [0.1, 0.15) is 40.5 Å². The van der Waals surface area contributed by atoms with Crippen molar-refractivity contribution in [3.63, 3.8) is 0 Å². The average Bonchev–Trinajstić information content (AvgIpc) is 2.44. The molecule has 0 N–H and O–H groups in total. The first-order valence-electron chi connectivity index (χ1n) is 8.09. The third-order valence-electron chi connectivity index (χ3n) is 3.38. The monoisotopic (exact) mass is 328 g/mol. The third-order valence-corrected chi connectivity index (χ3v) is 3.38. The van der Waals surface area contributed by atoms with E-state index < -0.39 is 11.6 Å². The molecule has 1 aliphatic rings. The zero-order valence-electron chi connectivity index (χ0n) is 14.6. The standard InChI is InChI=1S/C16H28N2O5/c1-5-22-15(21)12-13(19)18-10-8-17(9-11-18)7-6-14(20)23-16(2,3)4/h5-12H2,1-4H3. The van der Waals surface area contributed by atoms with Crippen molar-refractivity contribution in [1.29, 1.82) is 0 Å². The Morgan fingerprint density at radius 2 is 1.61 bits per heavy atom. The lowest BCUT2D eigenvalue weighted by atomic mass is 10.2. The van der Waals surface area contributed by atoms with Gasteiger partial charge in [-0.2, -0.15) is 0 Å². The van der Waals surface area contributed by atoms with E-state index in [2.05, 4.69) is 4.90 Å². The van der Waals surface area contributed by atoms with Crippen molar-refractivity contribution in [3.05, 3.63) is 0 Å². The van der Waals surface area contributed by atoms with Crippen molar-refractivity contribution >= 4 is 17.8 Å². The maximum absolute atomic E-state index is 11.9. The maximum Gasteiger partial charge on any atom is 0.315 e. The Balaban J connectivity index is 2.26. The highest BCUT2D eigenvalue weighted by atomic mass is 16.6. The second kappa shape index (κ2) is 8.86. The SMILES string of the molecule is CCOC(=O)CC(=O)N1CCN(CCC(=O)OC(C)(C)C)CC1. The number of carbonyl (C=O) groups is 3. The van der Waals surface area contributed by atoms with E-state index in [1.807, 2.05) is 20.8 Å². The van der Waals surface area contributed by atoms with Crippen LogP contribution in [0.4, 0.5) is 0 Å². The summed E-state index contributed by atoms with van der Waals surface area (Å²) in [4.78, 5) is 38.7. The van der Waals surface area contributed by atoms with Crippen LogP contribution in [0.5, 0.6) is 0 Å². The van der Waals surface area contributed by atoms with E-state index in [1.165, 1.54) is 0 Å². The molecule has 0 aromatic carbocycles. The van der Waals surface area contributed by atoms with Crippen LogP contribution in [-0.4, -0.2) is 72.6 Å². The van der Waals surface area contributed by atoms with Gasteiger partial charge in [-0.1, -0.05) is 0 Å². The molecule has 0 bridgehead atoms. The van der Waals surface area contributed by atoms with Crippen LogP contribution in [0.3, 0.4) is 0 Å². The number of carbonyl (C=O) groups excluding carboxylic acids is 3. The number of hydrogen-bond acceptors (Lipinski definition) is 6. The first-order chi connectivity index (χ1) is 10.7. The molecule has 0 saturated carbocycles. The van der Waals surface area contributed by atoms with E-state index in [4.69, 9.17) is 9.47 Å². The Bertz CT molecular complexity index is 423. The summed E-state index contributed by atoms with van der Waals surface area (Å²) in [7, 11) is 0. The summed E-state index contributed by atoms with van der Waals surface area (Å²) in [6.45, 7) is 10.7. The fourth-order valence-corrected chi connectivity index (χ4v) is 2.31. The summed E-state index contributed by atoms with van der Waals surface area (Å²) in [6.07, 6.45) is 0.139. The number of piperazine rings is 1. The van der Waals surface area contributed by atoms with Crippen LogP contribution in [0.25, 0.3) is 0 Å². The maximum atomic E-state index is 11.9. The number of esters is 2. The van der Waals surface area contributed by atoms with E-state index in [9.17, 15) is 14.4 Å². The van der Waals surface area contributed by atoms with Crippen molar-refractivity contribution in [2.24, 2.45) is 0 Å². The largest absolute Gasteiger partial charge is 0.466 e. The van der Waals surface area contributed by atoms with Gasteiger partial charge >= 0.3 is 11.9 Å². The first kappa shape index (κ1) is 19.4. The summed E-state index contributed by atoms with van der Waals surface area (Å²) < 4.78 is 10.1. The van der Waals surface area contributed by atoms with Crippen LogP contribution in [0.2, 0.25) is 0 Å². The van der Waals surface area contributed by atoms with E-state index in [-0.39, 0.29) is 24.9 Å². The van der Waals surface area contributed by atoms with Crippen LogP contribution in [0.15, 0.2) is 0 Å². The Kier molecular flexibility index (Phi) is 7.48. The van der Waals surface area contributed by atoms with Crippen LogP contribution < -0.4 is 0 Å². The quantitative estimate of drug-likeness (QED) is 0.531. The highest BCUT2D eigenvalue weighted by molar-refractivity contribution is 5.94. The number of amides is 1. The smallest absolute Gasteiger partial charge is 0.315 e. The molecule has 1 fully saturated rings. The molecular weight excluding hydrogens is 300 g/mol. The van der Waals surface area contributed by atoms with Gasteiger partial charge in [-0.25, -0.2) is 0 Å². The topological polar surface area (TPSA) is 76.2 Å². The van der Waals surface area contributed by atoms with Gasteiger partial charge in [-0.05, 0) is 27.7 Å². The predicted octanol–water partition coefficient (Wildman–Crippen LogP) is 0.816. The minimum absolute atomic E-state index is 0.199. The molecule has 1 rings (SSSR count). The average molecular weight is 328 g/mol. The predicted molar refractivity (Wildman–Crippen MR) is 84.7 cm³/mol. The number of rotatable bonds is 6. The Morgan fingerprint density at radius 3 is 2.13 bits per heavy atom. The second-order valence-corrected chi connectivity index (χ2v) is 6.54. The molecule has 0 atom stereocenters. The van der Waals surface area contributed by atoms with Crippen LogP contribution >= 0.6 is 0 Å². The molecule has 0 aliphatic carbocycles. The van der Waals surface area contributed by atoms with Crippen LogP contribution in [0, 0.1) is 0 Å². The Morgan fingerprint density at radius 1 is 1.00 bits per heavy atom. The second-order valence-electron chi connectivity index (χ2n) is 6.54. The van der Waals surface area contributed by atoms with Crippen molar-refractivity contribution in [3.8, 4) is 0 Å². The Hall–Kier alpha value is -1.63. The molecule has 0 spiro atoms. The summed E-state index contributed by atoms with van der Waals surface area (Å²) in [5, 5.41) is 0. The molecule has 0 radical (unpaired) electrons. The van der Waals surface area contributed by atoms with Gasteiger partial charge in [0.05, 0.1) is 13.0 Å². The van der Waals surface area contributed by atoms with Gasteiger partial charge in [0.1, 0.15) is 12.0 Å². The minimum Gasteiger partial charge on any atom is -0.466 e. The van der Waals surface area contributed by atoms with Gasteiger partial charge in [-0.3, -0.25) is 19.3 Å². The van der Waals surface area contributed by atoms with Gasteiger partial charge in [0, 0.05) is 32.7 Å². The van der Waals surface area contributed by atoms with E-state index >= 15 is 0 Å². The zero-order valence-corrected chi connectivity index (χ0v) is 14.6. The number of hydrogen-bond donors (Lipinski definition) is 0. The first-order valence-corrected chi connectivity index (χ1v) is 8.09. The lowest BCUT2D eigenvalue weighted by Gasteiger charge is -2.34. The number of ether oxygens (including phenoxy) is 2. The van der Waals surface area contributed by atoms with Gasteiger partial charge in [-0.15, -0.1) is 0 Å². The molecule has 1 aliphatic heterocycles. The van der Waals surface area contributed by atoms with Crippen molar-refractivity contribution in [2.75, 3.05) is 39.3 Å². The molecule has 7 heteroatoms. The molecule has 23 heavy (non-hydrogen) atoms. The van der Waals surface area contributed by atoms with Gasteiger partial charge in [0.15, 0.2) is 0 Å². The molecular formula is C16H28N2O5. The highest BCUT2D eigenvalue weighted by Crippen LogP contribution is 2.10. The lowest BCUT2D eigenvalue weighted by molar-refractivity contribution is -0.156. The minimum atomic E-state index is -0.482. The molecule has 1 heterocycles. The molecule has 7 nitrogen and oxygen atoms in total. The lowest BCUT2D eigenvalue weighted by Crippen LogP contribution is -2.49. The normalized spacial score (nSPS) is 16.1. The summed E-state index contributed by atoms with van der Waals surface area (Å²) in [5.41, 5.74) is -0.463. The van der Waals surface area contributed by atoms with E-state index in [0.29, 0.717) is 39.1 Å². The third kappa shape index (κ3) is 7.97. The molecule has 0 unspecified atom stereocenters. The molecule has 1 amide bonds. The fourth-order valence-electron chi connectivity index (χ4n) is 2.31. The zero-order chi connectivity index (χ0) is 17.5. The summed E-state index contributed by atoms with van der Waals surface area (Å²) in [6, 6.07) is 0. The van der Waals surface area contributed by atoms with Gasteiger partial charge in [0.25, 0.3) is 0 Å². The molecule has 0 aromatic heterocycles.